The molecule has 3 N–H and O–H groups in total. The molecule has 102 valence electrons. The van der Waals surface area contributed by atoms with Gasteiger partial charge in [-0.05, 0) is 26.7 Å². The van der Waals surface area contributed by atoms with Crippen molar-refractivity contribution in [3.05, 3.63) is 0 Å². The fourth-order valence-corrected chi connectivity index (χ4v) is 1.68. The van der Waals surface area contributed by atoms with Gasteiger partial charge >= 0.3 is 0 Å². The number of hydrogen-bond acceptors (Lipinski definition) is 5. The van der Waals surface area contributed by atoms with Gasteiger partial charge in [-0.1, -0.05) is 0 Å². The van der Waals surface area contributed by atoms with Crippen LogP contribution in [0.25, 0.3) is 0 Å². The van der Waals surface area contributed by atoms with Crippen LogP contribution in [0.1, 0.15) is 26.7 Å². The molecule has 1 aliphatic carbocycles. The first kappa shape index (κ1) is 14.9. The summed E-state index contributed by atoms with van der Waals surface area (Å²) < 4.78 is 10.6. The number of hydrogen-bond donors (Lipinski definition) is 3. The summed E-state index contributed by atoms with van der Waals surface area (Å²) in [5.41, 5.74) is 0. The van der Waals surface area contributed by atoms with Gasteiger partial charge in [-0.2, -0.15) is 0 Å². The third kappa shape index (κ3) is 6.95. The van der Waals surface area contributed by atoms with Gasteiger partial charge in [0.1, 0.15) is 0 Å². The van der Waals surface area contributed by atoms with Crippen LogP contribution in [-0.4, -0.2) is 60.9 Å². The number of aliphatic hydroxyl groups is 2. The van der Waals surface area contributed by atoms with Crippen LogP contribution < -0.4 is 5.32 Å². The Labute approximate surface area is 103 Å². The van der Waals surface area contributed by atoms with E-state index in [0.29, 0.717) is 32.4 Å². The molecule has 5 heteroatoms. The van der Waals surface area contributed by atoms with Crippen molar-refractivity contribution in [3.8, 4) is 0 Å². The van der Waals surface area contributed by atoms with Gasteiger partial charge in [-0.25, -0.2) is 0 Å². The quantitative estimate of drug-likeness (QED) is 0.496. The van der Waals surface area contributed by atoms with Crippen molar-refractivity contribution >= 4 is 0 Å². The van der Waals surface area contributed by atoms with E-state index in [1.54, 1.807) is 0 Å². The molecule has 0 saturated heterocycles. The second kappa shape index (κ2) is 8.00. The number of ether oxygens (including phenoxy) is 2. The number of nitrogens with one attached hydrogen (secondary N) is 1. The number of rotatable bonds is 9. The van der Waals surface area contributed by atoms with Gasteiger partial charge in [0.25, 0.3) is 0 Å². The van der Waals surface area contributed by atoms with E-state index in [0.717, 1.165) is 12.8 Å². The molecule has 0 heterocycles. The maximum Gasteiger partial charge on any atom is 0.0897 e. The van der Waals surface area contributed by atoms with Crippen molar-refractivity contribution in [1.29, 1.82) is 0 Å². The predicted octanol–water partition coefficient (Wildman–Crippen LogP) is -0.0982. The minimum Gasteiger partial charge on any atom is -0.393 e. The molecular weight excluding hydrogens is 222 g/mol. The largest absolute Gasteiger partial charge is 0.393 e. The summed E-state index contributed by atoms with van der Waals surface area (Å²) in [6, 6.07) is 0.351. The Morgan fingerprint density at radius 2 is 2.00 bits per heavy atom. The Balaban J connectivity index is 1.85. The summed E-state index contributed by atoms with van der Waals surface area (Å²) in [6.07, 6.45) is 1.14. The summed E-state index contributed by atoms with van der Waals surface area (Å²) >= 11 is 0. The first-order valence-corrected chi connectivity index (χ1v) is 6.36. The second-order valence-electron chi connectivity index (χ2n) is 4.88. The lowest BCUT2D eigenvalue weighted by Gasteiger charge is -2.32. The molecule has 0 bridgehead atoms. The fraction of sp³-hybridized carbons (Fsp3) is 1.00. The van der Waals surface area contributed by atoms with Crippen molar-refractivity contribution in [3.63, 3.8) is 0 Å². The zero-order valence-corrected chi connectivity index (χ0v) is 10.8. The lowest BCUT2D eigenvalue weighted by atomic mass is 9.89. The summed E-state index contributed by atoms with van der Waals surface area (Å²) in [5, 5.41) is 21.9. The van der Waals surface area contributed by atoms with Crippen LogP contribution >= 0.6 is 0 Å². The van der Waals surface area contributed by atoms with Gasteiger partial charge in [0.15, 0.2) is 0 Å². The van der Waals surface area contributed by atoms with E-state index < -0.39 is 6.10 Å². The molecule has 1 unspecified atom stereocenters. The average Bonchev–Trinajstić information content (AvgIpc) is 2.22. The van der Waals surface area contributed by atoms with Crippen LogP contribution in [0.2, 0.25) is 0 Å². The van der Waals surface area contributed by atoms with Crippen molar-refractivity contribution in [2.24, 2.45) is 0 Å². The van der Waals surface area contributed by atoms with Crippen LogP contribution in [-0.2, 0) is 9.47 Å². The summed E-state index contributed by atoms with van der Waals surface area (Å²) in [4.78, 5) is 0. The minimum absolute atomic E-state index is 0.158. The second-order valence-corrected chi connectivity index (χ2v) is 4.88. The Bertz CT molecular complexity index is 195. The van der Waals surface area contributed by atoms with E-state index >= 15 is 0 Å². The van der Waals surface area contributed by atoms with Crippen molar-refractivity contribution in [2.45, 2.75) is 51.0 Å². The van der Waals surface area contributed by atoms with E-state index in [2.05, 4.69) is 5.32 Å². The van der Waals surface area contributed by atoms with E-state index in [9.17, 15) is 5.11 Å². The van der Waals surface area contributed by atoms with Gasteiger partial charge < -0.3 is 25.0 Å². The predicted molar refractivity (Wildman–Crippen MR) is 64.9 cm³/mol. The molecule has 0 aromatic heterocycles. The molecule has 1 fully saturated rings. The zero-order chi connectivity index (χ0) is 12.7. The Morgan fingerprint density at radius 3 is 2.59 bits per heavy atom. The highest BCUT2D eigenvalue weighted by atomic mass is 16.5. The first-order chi connectivity index (χ1) is 8.08. The smallest absolute Gasteiger partial charge is 0.0897 e. The zero-order valence-electron chi connectivity index (χ0n) is 10.8. The lowest BCUT2D eigenvalue weighted by Crippen LogP contribution is -2.47. The monoisotopic (exact) mass is 247 g/mol. The molecule has 0 aromatic carbocycles. The third-order valence-electron chi connectivity index (χ3n) is 2.74. The Hall–Kier alpha value is -0.200. The minimum atomic E-state index is -0.494. The molecule has 0 spiro atoms. The van der Waals surface area contributed by atoms with E-state index in [1.807, 2.05) is 13.8 Å². The van der Waals surface area contributed by atoms with Crippen LogP contribution in [0.15, 0.2) is 0 Å². The Kier molecular flexibility index (Phi) is 6.99. The topological polar surface area (TPSA) is 71.0 Å². The van der Waals surface area contributed by atoms with Crippen molar-refractivity contribution in [1.82, 2.24) is 5.32 Å². The fourth-order valence-electron chi connectivity index (χ4n) is 1.68. The van der Waals surface area contributed by atoms with Crippen LogP contribution in [0.5, 0.6) is 0 Å². The van der Waals surface area contributed by atoms with Crippen LogP contribution in [0, 0.1) is 0 Å². The molecule has 1 rings (SSSR count). The van der Waals surface area contributed by atoms with E-state index in [4.69, 9.17) is 14.6 Å². The molecule has 1 saturated carbocycles. The average molecular weight is 247 g/mol. The van der Waals surface area contributed by atoms with Gasteiger partial charge in [-0.15, -0.1) is 0 Å². The highest BCUT2D eigenvalue weighted by Gasteiger charge is 2.26. The van der Waals surface area contributed by atoms with Crippen LogP contribution in [0.4, 0.5) is 0 Å². The maximum atomic E-state index is 9.60. The number of aliphatic hydroxyl groups excluding tert-OH is 2. The Morgan fingerprint density at radius 1 is 1.29 bits per heavy atom. The molecular formula is C12H25NO4. The van der Waals surface area contributed by atoms with Crippen molar-refractivity contribution in [2.75, 3.05) is 26.4 Å². The molecule has 0 aliphatic heterocycles. The normalized spacial score (nSPS) is 25.9. The van der Waals surface area contributed by atoms with Gasteiger partial charge in [0.05, 0.1) is 38.1 Å². The summed E-state index contributed by atoms with van der Waals surface area (Å²) in [6.45, 7) is 5.87. The molecule has 17 heavy (non-hydrogen) atoms. The first-order valence-electron chi connectivity index (χ1n) is 6.36. The van der Waals surface area contributed by atoms with Gasteiger partial charge in [0, 0.05) is 12.6 Å². The van der Waals surface area contributed by atoms with Crippen LogP contribution in [0.3, 0.4) is 0 Å². The standard InChI is InChI=1S/C12H25NO4/c1-9(2)17-4-3-16-8-12(15)7-13-10-5-11(14)6-10/h9-15H,3-8H2,1-2H3. The molecule has 0 amide bonds. The SMILES string of the molecule is CC(C)OCCOCC(O)CNC1CC(O)C1. The van der Waals surface area contributed by atoms with E-state index in [-0.39, 0.29) is 12.2 Å². The van der Waals surface area contributed by atoms with Gasteiger partial charge in [-0.3, -0.25) is 0 Å². The highest BCUT2D eigenvalue weighted by Crippen LogP contribution is 2.18. The highest BCUT2D eigenvalue weighted by molar-refractivity contribution is 4.84. The van der Waals surface area contributed by atoms with E-state index in [1.165, 1.54) is 0 Å². The summed E-state index contributed by atoms with van der Waals surface area (Å²) in [7, 11) is 0. The maximum absolute atomic E-state index is 9.60. The van der Waals surface area contributed by atoms with Gasteiger partial charge in [0.2, 0.25) is 0 Å². The third-order valence-corrected chi connectivity index (χ3v) is 2.74. The molecule has 1 atom stereocenters. The molecule has 1 aliphatic rings. The molecule has 5 nitrogen and oxygen atoms in total. The molecule has 0 radical (unpaired) electrons. The molecule has 0 aromatic rings. The summed E-state index contributed by atoms with van der Waals surface area (Å²) in [5.74, 6) is 0. The van der Waals surface area contributed by atoms with Crippen molar-refractivity contribution < 1.29 is 19.7 Å². The lowest BCUT2D eigenvalue weighted by molar-refractivity contribution is -0.0133.